The van der Waals surface area contributed by atoms with Crippen molar-refractivity contribution in [2.24, 2.45) is 0 Å². The fourth-order valence-corrected chi connectivity index (χ4v) is 7.27. The summed E-state index contributed by atoms with van der Waals surface area (Å²) in [6, 6.07) is 19.4. The number of nitrogens with one attached hydrogen (secondary N) is 1. The van der Waals surface area contributed by atoms with Crippen LogP contribution in [-0.2, 0) is 19.2 Å². The number of rotatable bonds is 7. The van der Waals surface area contributed by atoms with E-state index >= 15 is 0 Å². The van der Waals surface area contributed by atoms with E-state index in [1.54, 1.807) is 23.1 Å². The van der Waals surface area contributed by atoms with E-state index in [0.717, 1.165) is 15.7 Å². The van der Waals surface area contributed by atoms with E-state index in [9.17, 15) is 29.4 Å². The fourth-order valence-electron chi connectivity index (χ4n) is 5.21. The maximum absolute atomic E-state index is 13.1. The standard InChI is InChI=1S/C30H25N3O6S2.Na.H/c34-22-8-6-21(7-9-22)32-12-11-19(27(32)36)13-20-15-41-29-25(28(37)33(29)26(20)30(38)39)31-24(35)16-40-23-10-5-17-3-1-2-4-18(17)14-23;;/h1-10,13-14,25,29,34H,11-12,15-16H2,(H,31,35)(H,38,39);;/b19-13+;;/t25-,29-;;/m1../s1. The van der Waals surface area contributed by atoms with Crippen molar-refractivity contribution < 1.29 is 29.4 Å². The van der Waals surface area contributed by atoms with E-state index in [2.05, 4.69) is 5.32 Å². The summed E-state index contributed by atoms with van der Waals surface area (Å²) in [5, 5.41) is 24.0. The Labute approximate surface area is 272 Å². The summed E-state index contributed by atoms with van der Waals surface area (Å²) < 4.78 is 0. The van der Waals surface area contributed by atoms with Gasteiger partial charge in [0, 0.05) is 28.5 Å². The zero-order chi connectivity index (χ0) is 28.7. The number of nitrogens with zero attached hydrogens (tertiary/aromatic N) is 2. The summed E-state index contributed by atoms with van der Waals surface area (Å²) in [6.45, 7) is 0.425. The first-order valence-electron chi connectivity index (χ1n) is 12.9. The van der Waals surface area contributed by atoms with Crippen LogP contribution in [0.2, 0.25) is 0 Å². The Kier molecular flexibility index (Phi) is 9.05. The SMILES string of the molecule is O=C(CSc1ccc2ccccc2c1)N[C@@H]1C(=O)N2C(C(=O)O)=C(/C=C3\CCN(c4ccc(O)cc4)C3=O)CS[C@H]12.[NaH]. The van der Waals surface area contributed by atoms with Crippen LogP contribution < -0.4 is 10.2 Å². The molecule has 0 radical (unpaired) electrons. The van der Waals surface area contributed by atoms with E-state index in [1.807, 2.05) is 42.5 Å². The van der Waals surface area contributed by atoms with Gasteiger partial charge in [-0.3, -0.25) is 19.3 Å². The van der Waals surface area contributed by atoms with Crippen LogP contribution in [0.3, 0.4) is 0 Å². The molecule has 0 saturated carbocycles. The van der Waals surface area contributed by atoms with Crippen molar-refractivity contribution in [1.29, 1.82) is 0 Å². The molecule has 0 spiro atoms. The number of hydrogen-bond acceptors (Lipinski definition) is 7. The third-order valence-corrected chi connectivity index (χ3v) is 9.54. The predicted octanol–water partition coefficient (Wildman–Crippen LogP) is 3.09. The fraction of sp³-hybridized carbons (Fsp3) is 0.200. The van der Waals surface area contributed by atoms with E-state index in [4.69, 9.17) is 0 Å². The van der Waals surface area contributed by atoms with E-state index in [1.165, 1.54) is 40.6 Å². The molecule has 3 N–H and O–H groups in total. The second-order valence-electron chi connectivity index (χ2n) is 9.82. The normalized spacial score (nSPS) is 20.8. The van der Waals surface area contributed by atoms with Crippen LogP contribution in [-0.4, -0.2) is 97.8 Å². The molecule has 0 aromatic heterocycles. The second kappa shape index (κ2) is 12.6. The maximum atomic E-state index is 13.1. The van der Waals surface area contributed by atoms with E-state index in [-0.39, 0.29) is 64.3 Å². The molecule has 3 heterocycles. The quantitative estimate of drug-likeness (QED) is 0.161. The Hall–Kier alpha value is -3.22. The molecule has 42 heavy (non-hydrogen) atoms. The van der Waals surface area contributed by atoms with Crippen LogP contribution in [0.4, 0.5) is 5.69 Å². The molecule has 2 saturated heterocycles. The number of thioether (sulfide) groups is 2. The van der Waals surface area contributed by atoms with E-state index in [0.29, 0.717) is 29.8 Å². The summed E-state index contributed by atoms with van der Waals surface area (Å²) >= 11 is 2.73. The van der Waals surface area contributed by atoms with Gasteiger partial charge in [-0.2, -0.15) is 0 Å². The van der Waals surface area contributed by atoms with Crippen LogP contribution in [0.15, 0.2) is 94.5 Å². The predicted molar refractivity (Wildman–Crippen MR) is 165 cm³/mol. The van der Waals surface area contributed by atoms with Gasteiger partial charge in [0.25, 0.3) is 11.8 Å². The first kappa shape index (κ1) is 30.2. The summed E-state index contributed by atoms with van der Waals surface area (Å²) in [5.74, 6) is -1.79. The first-order chi connectivity index (χ1) is 19.8. The number of aliphatic carboxylic acids is 1. The number of phenolic OH excluding ortho intramolecular Hbond substituents is 1. The summed E-state index contributed by atoms with van der Waals surface area (Å²) in [4.78, 5) is 54.8. The molecule has 3 aromatic rings. The number of aromatic hydroxyl groups is 1. The molecule has 3 aromatic carbocycles. The number of benzene rings is 3. The van der Waals surface area contributed by atoms with Crippen molar-refractivity contribution in [1.82, 2.24) is 10.2 Å². The number of allylic oxidation sites excluding steroid dienone is 1. The molecule has 9 nitrogen and oxygen atoms in total. The molecule has 3 aliphatic rings. The molecule has 2 fully saturated rings. The van der Waals surface area contributed by atoms with Crippen molar-refractivity contribution >= 4 is 93.2 Å². The van der Waals surface area contributed by atoms with Gasteiger partial charge < -0.3 is 20.4 Å². The van der Waals surface area contributed by atoms with Gasteiger partial charge in [-0.05, 0) is 65.2 Å². The first-order valence-corrected chi connectivity index (χ1v) is 15.0. The topological polar surface area (TPSA) is 127 Å². The van der Waals surface area contributed by atoms with E-state index < -0.39 is 23.3 Å². The summed E-state index contributed by atoms with van der Waals surface area (Å²) in [7, 11) is 0. The van der Waals surface area contributed by atoms with Gasteiger partial charge in [0.05, 0.1) is 5.75 Å². The third-order valence-electron chi connectivity index (χ3n) is 7.24. The van der Waals surface area contributed by atoms with Crippen molar-refractivity contribution in [3.05, 3.63) is 89.6 Å². The van der Waals surface area contributed by atoms with Gasteiger partial charge in [-0.1, -0.05) is 30.3 Å². The Morgan fingerprint density at radius 3 is 2.52 bits per heavy atom. The Morgan fingerprint density at radius 1 is 1.05 bits per heavy atom. The third kappa shape index (κ3) is 5.84. The van der Waals surface area contributed by atoms with Crippen molar-refractivity contribution in [3.8, 4) is 5.75 Å². The molecule has 6 rings (SSSR count). The van der Waals surface area contributed by atoms with Crippen LogP contribution in [0, 0.1) is 0 Å². The van der Waals surface area contributed by atoms with Crippen LogP contribution >= 0.6 is 23.5 Å². The van der Waals surface area contributed by atoms with Crippen LogP contribution in [0.1, 0.15) is 6.42 Å². The zero-order valence-electron chi connectivity index (χ0n) is 21.6. The molecular formula is C30H26N3NaO6S2. The number of carbonyl (C=O) groups excluding carboxylic acids is 3. The van der Waals surface area contributed by atoms with Gasteiger partial charge in [0.2, 0.25) is 5.91 Å². The number of carboxylic acid groups (broad SMARTS) is 1. The van der Waals surface area contributed by atoms with Crippen molar-refractivity contribution in [2.75, 3.05) is 23.0 Å². The monoisotopic (exact) mass is 611 g/mol. The molecule has 2 atom stereocenters. The molecule has 0 aliphatic carbocycles. The number of carbonyl (C=O) groups is 4. The number of fused-ring (bicyclic) bond motifs is 2. The van der Waals surface area contributed by atoms with Crippen molar-refractivity contribution in [2.45, 2.75) is 22.7 Å². The molecular weight excluding hydrogens is 585 g/mol. The number of amides is 3. The Bertz CT molecular complexity index is 1660. The molecule has 210 valence electrons. The summed E-state index contributed by atoms with van der Waals surface area (Å²) in [5.41, 5.74) is 1.32. The van der Waals surface area contributed by atoms with Crippen LogP contribution in [0.5, 0.6) is 5.75 Å². The number of carboxylic acids is 1. The number of hydrogen-bond donors (Lipinski definition) is 3. The average molecular weight is 612 g/mol. The minimum absolute atomic E-state index is 0. The number of phenols is 1. The molecule has 3 aliphatic heterocycles. The minimum atomic E-state index is -1.26. The van der Waals surface area contributed by atoms with Gasteiger partial charge in [0.1, 0.15) is 22.9 Å². The van der Waals surface area contributed by atoms with Gasteiger partial charge in [-0.25, -0.2) is 4.79 Å². The molecule has 3 amide bonds. The van der Waals surface area contributed by atoms with Gasteiger partial charge in [-0.15, -0.1) is 23.5 Å². The summed E-state index contributed by atoms with van der Waals surface area (Å²) in [6.07, 6.45) is 2.00. The van der Waals surface area contributed by atoms with Gasteiger partial charge in [0.15, 0.2) is 0 Å². The number of anilines is 1. The van der Waals surface area contributed by atoms with Crippen molar-refractivity contribution in [3.63, 3.8) is 0 Å². The number of β-lactam (4-membered cyclic amide) rings is 1. The molecule has 0 unspecified atom stereocenters. The zero-order valence-corrected chi connectivity index (χ0v) is 23.3. The second-order valence-corrected chi connectivity index (χ2v) is 12.0. The Morgan fingerprint density at radius 2 is 1.79 bits per heavy atom. The van der Waals surface area contributed by atoms with Crippen LogP contribution in [0.25, 0.3) is 10.8 Å². The molecule has 0 bridgehead atoms. The van der Waals surface area contributed by atoms with Gasteiger partial charge >= 0.3 is 35.5 Å². The Balaban J connectivity index is 0.00000353. The average Bonchev–Trinajstić information content (AvgIpc) is 3.34. The molecule has 12 heteroatoms.